The molecule has 0 bridgehead atoms. The van der Waals surface area contributed by atoms with Crippen molar-refractivity contribution in [1.82, 2.24) is 0 Å². The van der Waals surface area contributed by atoms with E-state index in [2.05, 4.69) is 36.1 Å². The van der Waals surface area contributed by atoms with Crippen LogP contribution in [-0.4, -0.2) is 26.2 Å². The quantitative estimate of drug-likeness (QED) is 0.130. The predicted molar refractivity (Wildman–Crippen MR) is 129 cm³/mol. The lowest BCUT2D eigenvalue weighted by Gasteiger charge is -2.24. The van der Waals surface area contributed by atoms with Crippen molar-refractivity contribution in [3.63, 3.8) is 0 Å². The Labute approximate surface area is 195 Å². The summed E-state index contributed by atoms with van der Waals surface area (Å²) >= 11 is 0. The van der Waals surface area contributed by atoms with Crippen LogP contribution < -0.4 is 0 Å². The van der Waals surface area contributed by atoms with Gasteiger partial charge in [0.15, 0.2) is 0 Å². The van der Waals surface area contributed by atoms with Gasteiger partial charge in [-0.1, -0.05) is 62.8 Å². The van der Waals surface area contributed by atoms with Gasteiger partial charge in [-0.3, -0.25) is 9.59 Å². The Morgan fingerprint density at radius 2 is 1.09 bits per heavy atom. The van der Waals surface area contributed by atoms with Crippen LogP contribution >= 0.6 is 0 Å². The molecule has 0 aliphatic heterocycles. The third-order valence-corrected chi connectivity index (χ3v) is 7.05. The molecule has 2 unspecified atom stereocenters. The molecule has 0 aromatic rings. The molecule has 178 valence electrons. The largest absolute Gasteiger partial charge is 0.468 e. The average Bonchev–Trinajstić information content (AvgIpc) is 3.49. The summed E-state index contributed by atoms with van der Waals surface area (Å²) in [6.45, 7) is 0. The molecule has 0 N–H and O–H groups in total. The minimum atomic E-state index is -0.359. The first-order valence-corrected chi connectivity index (χ1v) is 12.6. The number of methoxy groups -OCH3 is 2. The van der Waals surface area contributed by atoms with Gasteiger partial charge < -0.3 is 9.47 Å². The van der Waals surface area contributed by atoms with E-state index in [1.807, 2.05) is 0 Å². The fraction of sp³-hybridized carbons (Fsp3) is 0.714. The molecule has 4 nitrogen and oxygen atoms in total. The van der Waals surface area contributed by atoms with Gasteiger partial charge in [-0.25, -0.2) is 0 Å². The highest BCUT2D eigenvalue weighted by Gasteiger charge is 2.38. The molecule has 2 aliphatic carbocycles. The van der Waals surface area contributed by atoms with Crippen LogP contribution in [0.3, 0.4) is 0 Å². The van der Waals surface area contributed by atoms with Crippen molar-refractivity contribution in [1.29, 1.82) is 0 Å². The monoisotopic (exact) mass is 442 g/mol. The first kappa shape index (κ1) is 26.2. The van der Waals surface area contributed by atoms with Crippen LogP contribution in [0, 0.1) is 22.7 Å². The number of carbonyl (C=O) groups excluding carboxylic acids is 2. The van der Waals surface area contributed by atoms with Crippen molar-refractivity contribution in [3.05, 3.63) is 24.3 Å². The maximum atomic E-state index is 12.1. The molecule has 0 heterocycles. The fourth-order valence-corrected chi connectivity index (χ4v) is 5.03. The number of allylic oxidation sites excluding steroid dienone is 2. The van der Waals surface area contributed by atoms with Crippen LogP contribution in [-0.2, 0) is 19.1 Å². The summed E-state index contributed by atoms with van der Waals surface area (Å²) in [5.74, 6) is 6.47. The summed E-state index contributed by atoms with van der Waals surface area (Å²) in [6.07, 6.45) is 24.9. The molecule has 2 aliphatic rings. The number of esters is 2. The van der Waals surface area contributed by atoms with E-state index in [9.17, 15) is 9.59 Å². The zero-order chi connectivity index (χ0) is 23.1. The van der Waals surface area contributed by atoms with E-state index in [0.717, 1.165) is 89.9 Å². The highest BCUT2D eigenvalue weighted by atomic mass is 16.5. The zero-order valence-electron chi connectivity index (χ0n) is 20.3. The molecular weight excluding hydrogens is 400 g/mol. The Balaban J connectivity index is 1.45. The minimum Gasteiger partial charge on any atom is -0.468 e. The van der Waals surface area contributed by atoms with Crippen LogP contribution in [0.25, 0.3) is 0 Å². The van der Waals surface area contributed by atoms with Gasteiger partial charge in [0.1, 0.15) is 0 Å². The molecular formula is C28H42O4. The third kappa shape index (κ3) is 7.84. The molecule has 0 spiro atoms. The van der Waals surface area contributed by atoms with Gasteiger partial charge >= 0.3 is 11.9 Å². The first-order valence-electron chi connectivity index (χ1n) is 12.6. The van der Waals surface area contributed by atoms with Gasteiger partial charge in [0.25, 0.3) is 0 Å². The average molecular weight is 443 g/mol. The van der Waals surface area contributed by atoms with E-state index in [1.165, 1.54) is 27.1 Å². The summed E-state index contributed by atoms with van der Waals surface area (Å²) < 4.78 is 10.0. The SMILES string of the molecule is COC(=O)C1(CCCCCCC#CCCCCCCC2(C(=O)OC)C=CCC2)C=CCC1. The molecule has 0 radical (unpaired) electrons. The van der Waals surface area contributed by atoms with Gasteiger partial charge in [0.2, 0.25) is 0 Å². The second-order valence-corrected chi connectivity index (χ2v) is 9.36. The normalized spacial score (nSPS) is 23.7. The van der Waals surface area contributed by atoms with E-state index in [4.69, 9.17) is 9.47 Å². The smallest absolute Gasteiger partial charge is 0.315 e. The Morgan fingerprint density at radius 1 is 0.688 bits per heavy atom. The standard InChI is InChI=1S/C28H42O4/c1-31-25(29)27(21-15-16-22-27)19-13-11-9-7-5-3-4-6-8-10-12-14-20-28(26(30)32-2)23-17-18-24-28/h15,17,21,23H,5-14,16,18-20,22,24H2,1-2H3. The molecule has 0 aromatic heterocycles. The van der Waals surface area contributed by atoms with Crippen molar-refractivity contribution in [2.45, 2.75) is 103 Å². The van der Waals surface area contributed by atoms with Gasteiger partial charge in [0, 0.05) is 12.8 Å². The van der Waals surface area contributed by atoms with Crippen LogP contribution in [0.2, 0.25) is 0 Å². The van der Waals surface area contributed by atoms with Crippen LogP contribution in [0.1, 0.15) is 103 Å². The summed E-state index contributed by atoms with van der Waals surface area (Å²) in [5.41, 5.74) is -0.718. The third-order valence-electron chi connectivity index (χ3n) is 7.05. The molecule has 0 fully saturated rings. The van der Waals surface area contributed by atoms with Gasteiger partial charge in [0.05, 0.1) is 25.0 Å². The number of hydrogen-bond donors (Lipinski definition) is 0. The lowest BCUT2D eigenvalue weighted by Crippen LogP contribution is -2.28. The maximum Gasteiger partial charge on any atom is 0.315 e. The summed E-state index contributed by atoms with van der Waals surface area (Å²) in [4.78, 5) is 24.2. The molecule has 32 heavy (non-hydrogen) atoms. The zero-order valence-corrected chi connectivity index (χ0v) is 20.3. The highest BCUT2D eigenvalue weighted by Crippen LogP contribution is 2.39. The van der Waals surface area contributed by atoms with E-state index >= 15 is 0 Å². The topological polar surface area (TPSA) is 52.6 Å². The number of rotatable bonds is 14. The number of unbranched alkanes of at least 4 members (excludes halogenated alkanes) is 8. The van der Waals surface area contributed by atoms with Crippen molar-refractivity contribution < 1.29 is 19.1 Å². The molecule has 0 aromatic carbocycles. The first-order chi connectivity index (χ1) is 15.6. The lowest BCUT2D eigenvalue weighted by atomic mass is 9.82. The van der Waals surface area contributed by atoms with Crippen molar-refractivity contribution >= 4 is 11.9 Å². The minimum absolute atomic E-state index is 0.0736. The van der Waals surface area contributed by atoms with Crippen molar-refractivity contribution in [3.8, 4) is 11.8 Å². The highest BCUT2D eigenvalue weighted by molar-refractivity contribution is 5.80. The van der Waals surface area contributed by atoms with E-state index in [0.29, 0.717) is 0 Å². The fourth-order valence-electron chi connectivity index (χ4n) is 5.03. The number of carbonyl (C=O) groups is 2. The summed E-state index contributed by atoms with van der Waals surface area (Å²) in [7, 11) is 2.98. The molecule has 0 amide bonds. The lowest BCUT2D eigenvalue weighted by molar-refractivity contribution is -0.151. The summed E-state index contributed by atoms with van der Waals surface area (Å²) in [6, 6.07) is 0. The molecule has 0 saturated heterocycles. The second-order valence-electron chi connectivity index (χ2n) is 9.36. The molecule has 4 heteroatoms. The second kappa shape index (κ2) is 14.2. The van der Waals surface area contributed by atoms with Gasteiger partial charge in [-0.2, -0.15) is 0 Å². The van der Waals surface area contributed by atoms with Gasteiger partial charge in [-0.15, -0.1) is 11.8 Å². The van der Waals surface area contributed by atoms with Gasteiger partial charge in [-0.05, 0) is 51.4 Å². The Morgan fingerprint density at radius 3 is 1.44 bits per heavy atom. The Kier molecular flexibility index (Phi) is 11.6. The van der Waals surface area contributed by atoms with E-state index < -0.39 is 0 Å². The Bertz CT molecular complexity index is 653. The van der Waals surface area contributed by atoms with Crippen molar-refractivity contribution in [2.75, 3.05) is 14.2 Å². The van der Waals surface area contributed by atoms with Crippen molar-refractivity contribution in [2.24, 2.45) is 10.8 Å². The number of hydrogen-bond acceptors (Lipinski definition) is 4. The van der Waals surface area contributed by atoms with E-state index in [-0.39, 0.29) is 22.8 Å². The summed E-state index contributed by atoms with van der Waals surface area (Å²) in [5, 5.41) is 0. The molecule has 0 saturated carbocycles. The Hall–Kier alpha value is -2.02. The van der Waals surface area contributed by atoms with Crippen LogP contribution in [0.15, 0.2) is 24.3 Å². The molecule has 2 atom stereocenters. The van der Waals surface area contributed by atoms with E-state index in [1.54, 1.807) is 0 Å². The predicted octanol–water partition coefficient (Wildman–Crippen LogP) is 6.69. The van der Waals surface area contributed by atoms with Crippen LogP contribution in [0.4, 0.5) is 0 Å². The maximum absolute atomic E-state index is 12.1. The molecule has 2 rings (SSSR count). The van der Waals surface area contributed by atoms with Crippen LogP contribution in [0.5, 0.6) is 0 Å². The number of ether oxygens (including phenoxy) is 2.